The quantitative estimate of drug-likeness (QED) is 0.151. The predicted molar refractivity (Wildman–Crippen MR) is 299 cm³/mol. The van der Waals surface area contributed by atoms with Gasteiger partial charge in [-0.25, -0.2) is 0 Å². The summed E-state index contributed by atoms with van der Waals surface area (Å²) in [5.74, 6) is 0.965. The highest BCUT2D eigenvalue weighted by Gasteiger charge is 2.55. The van der Waals surface area contributed by atoms with E-state index in [1.807, 2.05) is 0 Å². The van der Waals surface area contributed by atoms with Gasteiger partial charge >= 0.3 is 0 Å². The molecule has 73 heavy (non-hydrogen) atoms. The van der Waals surface area contributed by atoms with Gasteiger partial charge < -0.3 is 14.2 Å². The van der Waals surface area contributed by atoms with Gasteiger partial charge in [0.05, 0.1) is 5.41 Å². The monoisotopic (exact) mass is 930 g/mol. The lowest BCUT2D eigenvalue weighted by Gasteiger charge is -2.35. The van der Waals surface area contributed by atoms with Crippen LogP contribution in [0.2, 0.25) is 0 Å². The summed E-state index contributed by atoms with van der Waals surface area (Å²) < 4.78 is 7.34. The molecule has 3 heteroatoms. The Bertz CT molecular complexity index is 4010. The lowest BCUT2D eigenvalue weighted by atomic mass is 9.67. The summed E-state index contributed by atoms with van der Waals surface area (Å²) in [6, 6.07) is 102. The standard InChI is InChI=1S/C70H46N2O/c1-6-22-47(23-7-1)69(48-24-8-2-9-25-48)61-35-19-16-32-55(61)57-41-38-53(44-63(57)69)72(51-30-14-5-15-31-51)54-39-42-58-56-33-17-20-36-62(56)70(64(58)45-54)65-46-52(71(49-26-10-3-11-27-49)50-28-12-4-13-29-50)40-43-59(65)67-60-34-18-21-37-66(60)73-68(67)70/h1-46H/t70-/m0/s1. The lowest BCUT2D eigenvalue weighted by molar-refractivity contribution is 0.507. The molecule has 1 heterocycles. The van der Waals surface area contributed by atoms with Gasteiger partial charge in [-0.1, -0.05) is 200 Å². The summed E-state index contributed by atoms with van der Waals surface area (Å²) in [6.45, 7) is 0. The molecule has 0 unspecified atom stereocenters. The molecule has 12 aromatic rings. The number of para-hydroxylation sites is 4. The Morgan fingerprint density at radius 1 is 0.260 bits per heavy atom. The minimum atomic E-state index is -0.779. The summed E-state index contributed by atoms with van der Waals surface area (Å²) in [6.07, 6.45) is 0. The minimum Gasteiger partial charge on any atom is -0.459 e. The Kier molecular flexibility index (Phi) is 9.09. The fourth-order valence-electron chi connectivity index (χ4n) is 13.0. The van der Waals surface area contributed by atoms with Gasteiger partial charge in [0.15, 0.2) is 0 Å². The van der Waals surface area contributed by atoms with Gasteiger partial charge in [-0.15, -0.1) is 0 Å². The molecule has 11 aromatic carbocycles. The number of rotatable bonds is 8. The zero-order chi connectivity index (χ0) is 48.1. The number of anilines is 6. The van der Waals surface area contributed by atoms with Crippen LogP contribution in [-0.4, -0.2) is 0 Å². The lowest BCUT2D eigenvalue weighted by Crippen LogP contribution is -2.28. The number of hydrogen-bond acceptors (Lipinski definition) is 3. The van der Waals surface area contributed by atoms with Crippen LogP contribution >= 0.6 is 0 Å². The SMILES string of the molecule is c1ccc(N(c2ccc3c(c2)C(c2ccccc2)(c2ccccc2)c2ccccc2-3)c2ccc3c(c2)[C@@]2(c4ccccc4-3)c3cc(N(c4ccccc4)c4ccccc4)ccc3-c3c2oc2ccccc32)cc1. The molecule has 15 rings (SSSR count). The average molecular weight is 931 g/mol. The van der Waals surface area contributed by atoms with Crippen molar-refractivity contribution in [2.45, 2.75) is 10.8 Å². The second-order valence-corrected chi connectivity index (χ2v) is 19.5. The molecule has 342 valence electrons. The first kappa shape index (κ1) is 41.4. The van der Waals surface area contributed by atoms with Crippen molar-refractivity contribution >= 4 is 45.1 Å². The third kappa shape index (κ3) is 5.82. The number of nitrogens with zero attached hydrogens (tertiary/aromatic N) is 2. The van der Waals surface area contributed by atoms with Gasteiger partial charge in [-0.05, 0) is 146 Å². The highest BCUT2D eigenvalue weighted by atomic mass is 16.3. The molecule has 0 aliphatic heterocycles. The maximum absolute atomic E-state index is 7.34. The summed E-state index contributed by atoms with van der Waals surface area (Å²) in [5.41, 5.74) is 22.0. The van der Waals surface area contributed by atoms with Gasteiger partial charge in [0.1, 0.15) is 16.8 Å². The summed E-state index contributed by atoms with van der Waals surface area (Å²) >= 11 is 0. The zero-order valence-electron chi connectivity index (χ0n) is 39.9. The molecule has 0 saturated heterocycles. The van der Waals surface area contributed by atoms with Gasteiger partial charge in [0.25, 0.3) is 0 Å². The Balaban J connectivity index is 0.993. The fourth-order valence-corrected chi connectivity index (χ4v) is 13.0. The van der Waals surface area contributed by atoms with E-state index in [2.05, 4.69) is 289 Å². The van der Waals surface area contributed by atoms with Crippen LogP contribution in [0.3, 0.4) is 0 Å². The largest absolute Gasteiger partial charge is 0.459 e. The van der Waals surface area contributed by atoms with Crippen LogP contribution in [-0.2, 0) is 10.8 Å². The second-order valence-electron chi connectivity index (χ2n) is 19.5. The first-order valence-electron chi connectivity index (χ1n) is 25.2. The van der Waals surface area contributed by atoms with E-state index >= 15 is 0 Å². The van der Waals surface area contributed by atoms with Crippen molar-refractivity contribution in [2.24, 2.45) is 0 Å². The third-order valence-corrected chi connectivity index (χ3v) is 15.9. The fraction of sp³-hybridized carbons (Fsp3) is 0.0286. The zero-order valence-corrected chi connectivity index (χ0v) is 39.9. The van der Waals surface area contributed by atoms with E-state index in [0.717, 1.165) is 56.4 Å². The van der Waals surface area contributed by atoms with Crippen LogP contribution in [0.15, 0.2) is 283 Å². The van der Waals surface area contributed by atoms with Gasteiger partial charge in [-0.2, -0.15) is 0 Å². The average Bonchev–Trinajstić information content (AvgIpc) is 4.17. The topological polar surface area (TPSA) is 19.6 Å². The van der Waals surface area contributed by atoms with Crippen LogP contribution in [0.5, 0.6) is 0 Å². The van der Waals surface area contributed by atoms with Crippen LogP contribution in [0.4, 0.5) is 34.1 Å². The van der Waals surface area contributed by atoms with E-state index in [1.54, 1.807) is 0 Å². The molecule has 0 bridgehead atoms. The van der Waals surface area contributed by atoms with Crippen LogP contribution in [0, 0.1) is 0 Å². The molecule has 3 aliphatic rings. The van der Waals surface area contributed by atoms with Crippen molar-refractivity contribution < 1.29 is 4.42 Å². The molecule has 3 aliphatic carbocycles. The summed E-state index contributed by atoms with van der Waals surface area (Å²) in [5, 5.41) is 1.12. The van der Waals surface area contributed by atoms with Crippen molar-refractivity contribution in [3.63, 3.8) is 0 Å². The Morgan fingerprint density at radius 3 is 1.12 bits per heavy atom. The van der Waals surface area contributed by atoms with Crippen molar-refractivity contribution in [3.8, 4) is 33.4 Å². The normalized spacial score (nSPS) is 15.0. The Morgan fingerprint density at radius 2 is 0.616 bits per heavy atom. The maximum atomic E-state index is 7.34. The van der Waals surface area contributed by atoms with Crippen molar-refractivity contribution in [1.29, 1.82) is 0 Å². The Labute approximate surface area is 425 Å². The van der Waals surface area contributed by atoms with Crippen LogP contribution < -0.4 is 9.80 Å². The molecule has 1 atom stereocenters. The molecule has 0 radical (unpaired) electrons. The van der Waals surface area contributed by atoms with E-state index in [4.69, 9.17) is 4.42 Å². The number of benzene rings is 11. The maximum Gasteiger partial charge on any atom is 0.135 e. The van der Waals surface area contributed by atoms with Gasteiger partial charge in [0.2, 0.25) is 0 Å². The van der Waals surface area contributed by atoms with E-state index in [1.165, 1.54) is 66.8 Å². The summed E-state index contributed by atoms with van der Waals surface area (Å²) in [4.78, 5) is 4.83. The first-order chi connectivity index (χ1) is 36.2. The van der Waals surface area contributed by atoms with Crippen molar-refractivity contribution in [3.05, 3.63) is 324 Å². The van der Waals surface area contributed by atoms with Crippen molar-refractivity contribution in [2.75, 3.05) is 9.80 Å². The van der Waals surface area contributed by atoms with Gasteiger partial charge in [0, 0.05) is 45.1 Å². The van der Waals surface area contributed by atoms with Crippen LogP contribution in [0.1, 0.15) is 44.7 Å². The van der Waals surface area contributed by atoms with Crippen LogP contribution in [0.25, 0.3) is 44.3 Å². The van der Waals surface area contributed by atoms with E-state index in [0.29, 0.717) is 0 Å². The predicted octanol–water partition coefficient (Wildman–Crippen LogP) is 18.1. The molecule has 0 N–H and O–H groups in total. The highest BCUT2D eigenvalue weighted by Crippen LogP contribution is 2.66. The second kappa shape index (κ2) is 16.0. The molecule has 0 saturated carbocycles. The van der Waals surface area contributed by atoms with Gasteiger partial charge in [-0.3, -0.25) is 0 Å². The molecule has 3 nitrogen and oxygen atoms in total. The molecular formula is C70H46N2O. The number of hydrogen-bond donors (Lipinski definition) is 0. The van der Waals surface area contributed by atoms with E-state index < -0.39 is 10.8 Å². The molecular weight excluding hydrogens is 885 g/mol. The molecule has 0 fully saturated rings. The summed E-state index contributed by atoms with van der Waals surface area (Å²) in [7, 11) is 0. The molecule has 1 aromatic heterocycles. The highest BCUT2D eigenvalue weighted by molar-refractivity contribution is 6.05. The van der Waals surface area contributed by atoms with Crippen molar-refractivity contribution in [1.82, 2.24) is 0 Å². The molecule has 1 spiro atoms. The third-order valence-electron chi connectivity index (χ3n) is 15.9. The number of fused-ring (bicyclic) bond motifs is 15. The number of furan rings is 1. The first-order valence-corrected chi connectivity index (χ1v) is 25.2. The van der Waals surface area contributed by atoms with E-state index in [9.17, 15) is 0 Å². The minimum absolute atomic E-state index is 0.549. The Hall–Kier alpha value is -9.44. The van der Waals surface area contributed by atoms with E-state index in [-0.39, 0.29) is 0 Å². The molecule has 0 amide bonds. The smallest absolute Gasteiger partial charge is 0.135 e.